The number of methoxy groups -OCH3 is 1. The van der Waals surface area contributed by atoms with E-state index in [-0.39, 0.29) is 0 Å². The smallest absolute Gasteiger partial charge is 0.118 e. The number of likely N-dealkylation sites (tertiary alicyclic amines) is 1. The summed E-state index contributed by atoms with van der Waals surface area (Å²) in [5.41, 5.74) is 0. The fourth-order valence-corrected chi connectivity index (χ4v) is 2.85. The zero-order valence-electron chi connectivity index (χ0n) is 13.7. The predicted molar refractivity (Wildman–Crippen MR) is 85.1 cm³/mol. The number of nitrogens with one attached hydrogen (secondary N) is 1. The second-order valence-electron chi connectivity index (χ2n) is 6.57. The van der Waals surface area contributed by atoms with Crippen LogP contribution in [0.25, 0.3) is 0 Å². The molecule has 1 aliphatic rings. The zero-order chi connectivity index (χ0) is 15.1. The van der Waals surface area contributed by atoms with E-state index in [9.17, 15) is 0 Å². The number of furan rings is 1. The third-order valence-corrected chi connectivity index (χ3v) is 4.06. The number of piperidine rings is 1. The molecule has 21 heavy (non-hydrogen) atoms. The Labute approximate surface area is 128 Å². The molecule has 0 saturated carbocycles. The quantitative estimate of drug-likeness (QED) is 0.800. The molecular weight excluding hydrogens is 264 g/mol. The lowest BCUT2D eigenvalue weighted by atomic mass is 9.98. The van der Waals surface area contributed by atoms with Gasteiger partial charge in [0, 0.05) is 13.7 Å². The minimum Gasteiger partial charge on any atom is -0.463 e. The van der Waals surface area contributed by atoms with Gasteiger partial charge in [-0.25, -0.2) is 0 Å². The highest BCUT2D eigenvalue weighted by Gasteiger charge is 2.19. The third kappa shape index (κ3) is 5.81. The van der Waals surface area contributed by atoms with Crippen molar-refractivity contribution in [1.82, 2.24) is 10.2 Å². The summed E-state index contributed by atoms with van der Waals surface area (Å²) in [4.78, 5) is 2.48. The van der Waals surface area contributed by atoms with Gasteiger partial charge < -0.3 is 14.5 Å². The van der Waals surface area contributed by atoms with Crippen LogP contribution in [0.2, 0.25) is 0 Å². The topological polar surface area (TPSA) is 37.6 Å². The van der Waals surface area contributed by atoms with Crippen molar-refractivity contribution in [3.8, 4) is 0 Å². The van der Waals surface area contributed by atoms with Crippen LogP contribution in [0.1, 0.15) is 38.2 Å². The lowest BCUT2D eigenvalue weighted by Gasteiger charge is -2.30. The van der Waals surface area contributed by atoms with Gasteiger partial charge in [0.1, 0.15) is 11.5 Å². The van der Waals surface area contributed by atoms with Crippen LogP contribution < -0.4 is 5.32 Å². The average molecular weight is 294 g/mol. The maximum atomic E-state index is 5.91. The highest BCUT2D eigenvalue weighted by molar-refractivity contribution is 5.07. The highest BCUT2D eigenvalue weighted by Crippen LogP contribution is 2.20. The van der Waals surface area contributed by atoms with Crippen LogP contribution in [0.4, 0.5) is 0 Å². The van der Waals surface area contributed by atoms with Crippen LogP contribution in [0, 0.1) is 11.8 Å². The van der Waals surface area contributed by atoms with E-state index in [1.165, 1.54) is 12.8 Å². The summed E-state index contributed by atoms with van der Waals surface area (Å²) in [6.07, 6.45) is 2.47. The molecule has 4 heteroatoms. The summed E-state index contributed by atoms with van der Waals surface area (Å²) in [5, 5.41) is 3.42. The molecule has 0 atom stereocenters. The Balaban J connectivity index is 1.70. The van der Waals surface area contributed by atoms with Gasteiger partial charge in [-0.3, -0.25) is 4.90 Å². The minimum absolute atomic E-state index is 0.674. The van der Waals surface area contributed by atoms with Crippen molar-refractivity contribution < 1.29 is 9.15 Å². The Morgan fingerprint density at radius 3 is 2.67 bits per heavy atom. The van der Waals surface area contributed by atoms with Crippen molar-refractivity contribution in [3.63, 3.8) is 0 Å². The van der Waals surface area contributed by atoms with Crippen LogP contribution in [0.5, 0.6) is 0 Å². The molecule has 4 nitrogen and oxygen atoms in total. The van der Waals surface area contributed by atoms with Gasteiger partial charge in [-0.15, -0.1) is 0 Å². The number of ether oxygens (including phenoxy) is 1. The van der Waals surface area contributed by atoms with E-state index >= 15 is 0 Å². The maximum absolute atomic E-state index is 5.91. The molecule has 1 aromatic rings. The maximum Gasteiger partial charge on any atom is 0.118 e. The number of nitrogens with zero attached hydrogens (tertiary/aromatic N) is 1. The van der Waals surface area contributed by atoms with Gasteiger partial charge in [0.05, 0.1) is 13.1 Å². The summed E-state index contributed by atoms with van der Waals surface area (Å²) in [5.74, 6) is 3.54. The molecule has 0 aliphatic carbocycles. The van der Waals surface area contributed by atoms with Gasteiger partial charge in [0.25, 0.3) is 0 Å². The van der Waals surface area contributed by atoms with Gasteiger partial charge in [0.2, 0.25) is 0 Å². The first-order chi connectivity index (χ1) is 10.2. The molecule has 0 spiro atoms. The van der Waals surface area contributed by atoms with Crippen molar-refractivity contribution in [2.75, 3.05) is 33.4 Å². The molecule has 2 heterocycles. The standard InChI is InChI=1S/C17H30N2O2/c1-14(2)10-18-11-16-4-5-17(21-16)12-19-8-6-15(7-9-19)13-20-3/h4-5,14-15,18H,6-13H2,1-3H3. The van der Waals surface area contributed by atoms with E-state index in [1.54, 1.807) is 7.11 Å². The molecule has 1 N–H and O–H groups in total. The first-order valence-electron chi connectivity index (χ1n) is 8.17. The molecule has 2 rings (SSSR count). The Bertz CT molecular complexity index is 395. The zero-order valence-corrected chi connectivity index (χ0v) is 13.7. The van der Waals surface area contributed by atoms with Gasteiger partial charge in [-0.2, -0.15) is 0 Å². The van der Waals surface area contributed by atoms with Gasteiger partial charge in [0.15, 0.2) is 0 Å². The number of rotatable bonds is 8. The molecule has 0 aromatic carbocycles. The fourth-order valence-electron chi connectivity index (χ4n) is 2.85. The predicted octanol–water partition coefficient (Wildman–Crippen LogP) is 2.88. The second-order valence-corrected chi connectivity index (χ2v) is 6.57. The summed E-state index contributed by atoms with van der Waals surface area (Å²) < 4.78 is 11.2. The monoisotopic (exact) mass is 294 g/mol. The highest BCUT2D eigenvalue weighted by atomic mass is 16.5. The van der Waals surface area contributed by atoms with Crippen LogP contribution in [0.15, 0.2) is 16.5 Å². The van der Waals surface area contributed by atoms with Crippen LogP contribution in [0.3, 0.4) is 0 Å². The first-order valence-corrected chi connectivity index (χ1v) is 8.17. The fraction of sp³-hybridized carbons (Fsp3) is 0.765. The van der Waals surface area contributed by atoms with Crippen molar-refractivity contribution in [1.29, 1.82) is 0 Å². The molecule has 1 aliphatic heterocycles. The number of hydrogen-bond acceptors (Lipinski definition) is 4. The second kappa shape index (κ2) is 8.57. The van der Waals surface area contributed by atoms with Crippen molar-refractivity contribution in [3.05, 3.63) is 23.7 Å². The van der Waals surface area contributed by atoms with Crippen molar-refractivity contribution in [2.24, 2.45) is 11.8 Å². The Morgan fingerprint density at radius 1 is 1.29 bits per heavy atom. The lowest BCUT2D eigenvalue weighted by molar-refractivity contribution is 0.0937. The third-order valence-electron chi connectivity index (χ3n) is 4.06. The first kappa shape index (κ1) is 16.5. The van der Waals surface area contributed by atoms with Crippen molar-refractivity contribution in [2.45, 2.75) is 39.8 Å². The summed E-state index contributed by atoms with van der Waals surface area (Å²) in [7, 11) is 1.80. The van der Waals surface area contributed by atoms with E-state index < -0.39 is 0 Å². The molecule has 0 unspecified atom stereocenters. The normalized spacial score (nSPS) is 17.7. The largest absolute Gasteiger partial charge is 0.463 e. The van der Waals surface area contributed by atoms with E-state index in [0.717, 1.165) is 56.8 Å². The van der Waals surface area contributed by atoms with E-state index in [1.807, 2.05) is 0 Å². The molecule has 1 saturated heterocycles. The molecule has 0 amide bonds. The Morgan fingerprint density at radius 2 is 2.00 bits per heavy atom. The van der Waals surface area contributed by atoms with E-state index in [0.29, 0.717) is 5.92 Å². The van der Waals surface area contributed by atoms with Gasteiger partial charge >= 0.3 is 0 Å². The number of hydrogen-bond donors (Lipinski definition) is 1. The molecule has 1 aromatic heterocycles. The summed E-state index contributed by atoms with van der Waals surface area (Å²) >= 11 is 0. The van der Waals surface area contributed by atoms with E-state index in [2.05, 4.69) is 36.2 Å². The minimum atomic E-state index is 0.674. The SMILES string of the molecule is COCC1CCN(Cc2ccc(CNCC(C)C)o2)CC1. The van der Waals surface area contributed by atoms with Gasteiger partial charge in [-0.1, -0.05) is 13.8 Å². The Kier molecular flexibility index (Phi) is 6.74. The lowest BCUT2D eigenvalue weighted by Crippen LogP contribution is -2.34. The molecule has 120 valence electrons. The van der Waals surface area contributed by atoms with Gasteiger partial charge in [-0.05, 0) is 56.4 Å². The van der Waals surface area contributed by atoms with Crippen molar-refractivity contribution >= 4 is 0 Å². The average Bonchev–Trinajstić information content (AvgIpc) is 2.88. The molecule has 1 fully saturated rings. The van der Waals surface area contributed by atoms with Crippen LogP contribution >= 0.6 is 0 Å². The summed E-state index contributed by atoms with van der Waals surface area (Å²) in [6, 6.07) is 4.22. The molecule has 0 bridgehead atoms. The molecule has 0 radical (unpaired) electrons. The van der Waals surface area contributed by atoms with Crippen LogP contribution in [-0.4, -0.2) is 38.3 Å². The van der Waals surface area contributed by atoms with E-state index in [4.69, 9.17) is 9.15 Å². The summed E-state index contributed by atoms with van der Waals surface area (Å²) in [6.45, 7) is 10.4. The molecular formula is C17H30N2O2. The Hall–Kier alpha value is -0.840. The van der Waals surface area contributed by atoms with Crippen LogP contribution in [-0.2, 0) is 17.8 Å².